The average Bonchev–Trinajstić information content (AvgIpc) is 3.19. The molecule has 0 aliphatic rings. The first-order valence-electron chi connectivity index (χ1n) is 14.6. The first-order valence-corrected chi connectivity index (χ1v) is 12.1. The Labute approximate surface area is 220 Å². The van der Waals surface area contributed by atoms with Gasteiger partial charge in [-0.2, -0.15) is 4.57 Å². The van der Waals surface area contributed by atoms with E-state index >= 15 is 0 Å². The second-order valence-corrected chi connectivity index (χ2v) is 9.57. The van der Waals surface area contributed by atoms with Crippen LogP contribution in [0.2, 0.25) is 0 Å². The molecule has 0 saturated carbocycles. The van der Waals surface area contributed by atoms with E-state index < -0.39 is 18.6 Å². The van der Waals surface area contributed by atoms with Gasteiger partial charge in [0.2, 0.25) is 0 Å². The average molecular weight is 483 g/mol. The van der Waals surface area contributed by atoms with Crippen molar-refractivity contribution >= 4 is 11.0 Å². The highest BCUT2D eigenvalue weighted by atomic mass is 19.1. The van der Waals surface area contributed by atoms with Crippen LogP contribution in [0.15, 0.2) is 84.9 Å². The molecule has 2 nitrogen and oxygen atoms in total. The Bertz CT molecular complexity index is 1760. The number of hydrogen-bond donors (Lipinski definition) is 0. The van der Waals surface area contributed by atoms with Gasteiger partial charge in [-0.3, -0.25) is 0 Å². The molecule has 0 spiro atoms. The van der Waals surface area contributed by atoms with Gasteiger partial charge < -0.3 is 0 Å². The number of rotatable bonds is 5. The van der Waals surface area contributed by atoms with Crippen LogP contribution in [-0.2, 0) is 7.05 Å². The topological polar surface area (TPSA) is 8.81 Å². The molecule has 0 N–H and O–H groups in total. The lowest BCUT2D eigenvalue weighted by atomic mass is 9.92. The molecule has 5 rings (SSSR count). The first-order chi connectivity index (χ1) is 19.1. The molecule has 0 amide bonds. The molecular weight excluding hydrogens is 443 g/mol. The van der Waals surface area contributed by atoms with Crippen molar-refractivity contribution in [2.45, 2.75) is 46.3 Å². The fourth-order valence-electron chi connectivity index (χ4n) is 5.02. The van der Waals surface area contributed by atoms with Crippen molar-refractivity contribution in [1.29, 1.82) is 0 Å². The molecule has 1 aromatic heterocycles. The molecular formula is C33H34FN2+. The van der Waals surface area contributed by atoms with Gasteiger partial charge in [-0.15, -0.1) is 0 Å². The molecule has 4 aromatic carbocycles. The highest BCUT2D eigenvalue weighted by Gasteiger charge is 2.31. The number of para-hydroxylation sites is 1. The van der Waals surface area contributed by atoms with Gasteiger partial charge in [-0.05, 0) is 71.8 Å². The fraction of sp³-hybridized carbons (Fsp3) is 0.242. The molecule has 5 aromatic rings. The van der Waals surface area contributed by atoms with Crippen molar-refractivity contribution in [1.82, 2.24) is 4.57 Å². The van der Waals surface area contributed by atoms with Crippen LogP contribution in [0, 0.1) is 12.7 Å². The van der Waals surface area contributed by atoms with Crippen LogP contribution in [0.1, 0.15) is 63.0 Å². The lowest BCUT2D eigenvalue weighted by molar-refractivity contribution is -0.557. The summed E-state index contributed by atoms with van der Waals surface area (Å²) in [7, 11) is 1.97. The normalized spacial score (nSPS) is 16.0. The van der Waals surface area contributed by atoms with Gasteiger partial charge in [0, 0.05) is 18.0 Å². The minimum atomic E-state index is -2.61. The Hall–Kier alpha value is -3.72. The van der Waals surface area contributed by atoms with E-state index in [9.17, 15) is 4.39 Å². The third-order valence-corrected chi connectivity index (χ3v) is 6.87. The molecule has 3 heteroatoms. The maximum absolute atomic E-state index is 13.7. The Balaban J connectivity index is 1.97. The molecule has 1 atom stereocenters. The SMILES string of the molecule is [2H]C(C)(C)c1cccc(C([2H])(C)C([2H])([2H])[2H])c1-[n+]1c(-c2ccccc2C)n(C)c2cc(-c3ccc(F)cc3)ccc21. The summed E-state index contributed by atoms with van der Waals surface area (Å²) in [6.45, 7) is 4.39. The van der Waals surface area contributed by atoms with E-state index in [0.717, 1.165) is 39.1 Å². The Morgan fingerprint density at radius 2 is 1.50 bits per heavy atom. The summed E-state index contributed by atoms with van der Waals surface area (Å²) in [6.07, 6.45) is 0. The number of aryl methyl sites for hydroxylation is 2. The van der Waals surface area contributed by atoms with Gasteiger partial charge in [0.05, 0.1) is 12.6 Å². The van der Waals surface area contributed by atoms with Crippen LogP contribution < -0.4 is 4.57 Å². The van der Waals surface area contributed by atoms with Crippen molar-refractivity contribution in [2.24, 2.45) is 7.05 Å². The number of hydrogen-bond acceptors (Lipinski definition) is 0. The van der Waals surface area contributed by atoms with Crippen molar-refractivity contribution < 1.29 is 15.8 Å². The van der Waals surface area contributed by atoms with E-state index in [1.54, 1.807) is 38.1 Å². The van der Waals surface area contributed by atoms with Crippen molar-refractivity contribution in [3.63, 3.8) is 0 Å². The summed E-state index contributed by atoms with van der Waals surface area (Å²) in [6, 6.07) is 25.6. The van der Waals surface area contributed by atoms with Crippen LogP contribution >= 0.6 is 0 Å². The molecule has 0 radical (unpaired) electrons. The molecule has 0 saturated heterocycles. The maximum atomic E-state index is 13.7. The molecule has 0 aliphatic carbocycles. The third-order valence-electron chi connectivity index (χ3n) is 6.87. The van der Waals surface area contributed by atoms with E-state index in [0.29, 0.717) is 16.8 Å². The smallest absolute Gasteiger partial charge is 0.225 e. The Morgan fingerprint density at radius 3 is 2.17 bits per heavy atom. The molecule has 1 heterocycles. The zero-order chi connectivity index (χ0) is 29.9. The largest absolute Gasteiger partial charge is 0.295 e. The lowest BCUT2D eigenvalue weighted by Gasteiger charge is -2.18. The number of aromatic nitrogens is 2. The number of nitrogens with zero attached hydrogens (tertiary/aromatic N) is 2. The summed E-state index contributed by atoms with van der Waals surface area (Å²) < 4.78 is 60.8. The summed E-state index contributed by atoms with van der Waals surface area (Å²) in [5.74, 6) is -2.55. The minimum Gasteiger partial charge on any atom is -0.225 e. The molecule has 0 bridgehead atoms. The van der Waals surface area contributed by atoms with Gasteiger partial charge in [0.25, 0.3) is 5.82 Å². The van der Waals surface area contributed by atoms with Crippen LogP contribution in [0.4, 0.5) is 4.39 Å². The highest BCUT2D eigenvalue weighted by molar-refractivity contribution is 5.83. The monoisotopic (exact) mass is 482 g/mol. The molecule has 182 valence electrons. The molecule has 36 heavy (non-hydrogen) atoms. The predicted molar refractivity (Wildman–Crippen MR) is 148 cm³/mol. The van der Waals surface area contributed by atoms with Crippen LogP contribution in [0.25, 0.3) is 39.2 Å². The number of benzene rings is 4. The van der Waals surface area contributed by atoms with Gasteiger partial charge in [0.15, 0.2) is 11.0 Å². The van der Waals surface area contributed by atoms with Gasteiger partial charge in [-0.25, -0.2) is 8.96 Å². The molecule has 0 fully saturated rings. The fourth-order valence-corrected chi connectivity index (χ4v) is 5.02. The van der Waals surface area contributed by atoms with Gasteiger partial charge in [0.1, 0.15) is 11.5 Å². The third kappa shape index (κ3) is 4.03. The quantitative estimate of drug-likeness (QED) is 0.222. The number of imidazole rings is 1. The number of halogens is 1. The second-order valence-electron chi connectivity index (χ2n) is 9.57. The van der Waals surface area contributed by atoms with E-state index in [1.807, 2.05) is 67.1 Å². The predicted octanol–water partition coefficient (Wildman–Crippen LogP) is 8.48. The van der Waals surface area contributed by atoms with E-state index in [4.69, 9.17) is 6.85 Å². The second kappa shape index (κ2) is 9.39. The lowest BCUT2D eigenvalue weighted by Crippen LogP contribution is -2.36. The van der Waals surface area contributed by atoms with Crippen molar-refractivity contribution in [3.05, 3.63) is 107 Å². The first kappa shape index (κ1) is 18.5. The van der Waals surface area contributed by atoms with Crippen LogP contribution in [0.5, 0.6) is 0 Å². The van der Waals surface area contributed by atoms with Crippen molar-refractivity contribution in [3.8, 4) is 28.2 Å². The van der Waals surface area contributed by atoms with Crippen molar-refractivity contribution in [2.75, 3.05) is 0 Å². The Kier molecular flexibility index (Phi) is 4.83. The van der Waals surface area contributed by atoms with E-state index in [2.05, 4.69) is 4.57 Å². The van der Waals surface area contributed by atoms with Gasteiger partial charge in [-0.1, -0.05) is 76.2 Å². The van der Waals surface area contributed by atoms with Crippen LogP contribution in [0.3, 0.4) is 0 Å². The Morgan fingerprint density at radius 1 is 0.833 bits per heavy atom. The highest BCUT2D eigenvalue weighted by Crippen LogP contribution is 2.34. The summed E-state index contributed by atoms with van der Waals surface area (Å²) in [5.41, 5.74) is 6.89. The summed E-state index contributed by atoms with van der Waals surface area (Å²) >= 11 is 0. The zero-order valence-corrected chi connectivity index (χ0v) is 21.4. The van der Waals surface area contributed by atoms with E-state index in [-0.39, 0.29) is 5.82 Å². The van der Waals surface area contributed by atoms with Gasteiger partial charge >= 0.3 is 0 Å². The maximum Gasteiger partial charge on any atom is 0.295 e. The number of fused-ring (bicyclic) bond motifs is 1. The molecule has 1 unspecified atom stereocenters. The summed E-state index contributed by atoms with van der Waals surface area (Å²) in [5, 5.41) is 0. The standard InChI is InChI=1S/C33H34FN2/c1-21(2)27-12-9-13-28(22(3)4)32(27)36-30-19-16-25(24-14-17-26(34)18-15-24)20-31(30)35(6)33(36)29-11-8-7-10-23(29)5/h7-22H,1-6H3/q+1/i1D3,21D,22D. The zero-order valence-electron chi connectivity index (χ0n) is 26.4. The minimum absolute atomic E-state index is 0.303. The van der Waals surface area contributed by atoms with Crippen LogP contribution in [-0.4, -0.2) is 4.57 Å². The summed E-state index contributed by atoms with van der Waals surface area (Å²) in [4.78, 5) is 0. The van der Waals surface area contributed by atoms with E-state index in [1.165, 1.54) is 19.1 Å². The molecule has 0 aliphatic heterocycles.